The highest BCUT2D eigenvalue weighted by atomic mass is 35.5. The zero-order valence-corrected chi connectivity index (χ0v) is 11.0. The third-order valence-corrected chi connectivity index (χ3v) is 3.41. The molecule has 0 spiro atoms. The molecule has 0 aliphatic rings. The second kappa shape index (κ2) is 4.51. The number of hydrogen-bond donors (Lipinski definition) is 1. The fraction of sp³-hybridized carbons (Fsp3) is 0.308. The number of aromatic nitrogens is 2. The Kier molecular flexibility index (Phi) is 3.22. The van der Waals surface area contributed by atoms with Crippen molar-refractivity contribution in [3.05, 3.63) is 51.8 Å². The quantitative estimate of drug-likeness (QED) is 0.890. The summed E-state index contributed by atoms with van der Waals surface area (Å²) in [7, 11) is 1.85. The fourth-order valence-electron chi connectivity index (χ4n) is 1.89. The molecular weight excluding hydrogens is 234 g/mol. The van der Waals surface area contributed by atoms with Crippen LogP contribution in [0, 0.1) is 13.8 Å². The second-order valence-corrected chi connectivity index (χ2v) is 4.73. The van der Waals surface area contributed by atoms with E-state index < -0.39 is 0 Å². The van der Waals surface area contributed by atoms with Gasteiger partial charge in [0.05, 0.1) is 23.0 Å². The van der Waals surface area contributed by atoms with Gasteiger partial charge in [-0.25, -0.2) is 0 Å². The summed E-state index contributed by atoms with van der Waals surface area (Å²) < 4.78 is 1.72. The number of rotatable bonds is 2. The maximum Gasteiger partial charge on any atom is 0.0837 e. The van der Waals surface area contributed by atoms with Gasteiger partial charge in [-0.15, -0.1) is 0 Å². The van der Waals surface area contributed by atoms with Gasteiger partial charge in [0.25, 0.3) is 0 Å². The van der Waals surface area contributed by atoms with Crippen LogP contribution in [-0.4, -0.2) is 9.78 Å². The molecule has 0 radical (unpaired) electrons. The molecule has 0 bridgehead atoms. The summed E-state index contributed by atoms with van der Waals surface area (Å²) in [6.07, 6.45) is 1.62. The Labute approximate surface area is 106 Å². The first-order chi connectivity index (χ1) is 8.00. The van der Waals surface area contributed by atoms with E-state index in [4.69, 9.17) is 17.3 Å². The first-order valence-corrected chi connectivity index (χ1v) is 5.88. The van der Waals surface area contributed by atoms with E-state index in [1.165, 1.54) is 11.1 Å². The summed E-state index contributed by atoms with van der Waals surface area (Å²) in [5, 5.41) is 4.72. The van der Waals surface area contributed by atoms with E-state index in [-0.39, 0.29) is 6.04 Å². The lowest BCUT2D eigenvalue weighted by atomic mass is 9.99. The number of nitrogens with two attached hydrogens (primary N) is 1. The van der Waals surface area contributed by atoms with Crippen LogP contribution in [0.5, 0.6) is 0 Å². The van der Waals surface area contributed by atoms with E-state index in [0.717, 1.165) is 11.3 Å². The average molecular weight is 250 g/mol. The monoisotopic (exact) mass is 249 g/mol. The minimum Gasteiger partial charge on any atom is -0.319 e. The average Bonchev–Trinajstić information content (AvgIpc) is 2.62. The molecule has 0 fully saturated rings. The molecule has 0 saturated carbocycles. The predicted octanol–water partition coefficient (Wildman–Crippen LogP) is 2.74. The number of aryl methyl sites for hydroxylation is 3. The van der Waals surface area contributed by atoms with E-state index in [1.54, 1.807) is 10.9 Å². The predicted molar refractivity (Wildman–Crippen MR) is 70.2 cm³/mol. The highest BCUT2D eigenvalue weighted by Gasteiger charge is 2.17. The van der Waals surface area contributed by atoms with Crippen molar-refractivity contribution >= 4 is 11.6 Å². The summed E-state index contributed by atoms with van der Waals surface area (Å²) in [5.74, 6) is 0. The van der Waals surface area contributed by atoms with Gasteiger partial charge in [0.2, 0.25) is 0 Å². The molecule has 4 heteroatoms. The van der Waals surface area contributed by atoms with Gasteiger partial charge in [0.1, 0.15) is 0 Å². The van der Waals surface area contributed by atoms with Crippen molar-refractivity contribution in [3.63, 3.8) is 0 Å². The Bertz CT molecular complexity index is 526. The third kappa shape index (κ3) is 2.21. The molecule has 0 aliphatic heterocycles. The maximum atomic E-state index is 6.24. The smallest absolute Gasteiger partial charge is 0.0837 e. The molecule has 0 amide bonds. The Hall–Kier alpha value is -1.32. The highest BCUT2D eigenvalue weighted by molar-refractivity contribution is 6.31. The molecule has 1 atom stereocenters. The lowest BCUT2D eigenvalue weighted by Gasteiger charge is -2.14. The molecule has 1 heterocycles. The van der Waals surface area contributed by atoms with Gasteiger partial charge in [-0.3, -0.25) is 4.68 Å². The van der Waals surface area contributed by atoms with Crippen molar-refractivity contribution in [2.75, 3.05) is 0 Å². The first kappa shape index (κ1) is 12.1. The van der Waals surface area contributed by atoms with E-state index in [2.05, 4.69) is 31.1 Å². The maximum absolute atomic E-state index is 6.24. The van der Waals surface area contributed by atoms with Crippen LogP contribution >= 0.6 is 11.6 Å². The van der Waals surface area contributed by atoms with E-state index >= 15 is 0 Å². The van der Waals surface area contributed by atoms with Crippen LogP contribution in [0.3, 0.4) is 0 Å². The topological polar surface area (TPSA) is 43.8 Å². The molecule has 17 heavy (non-hydrogen) atoms. The van der Waals surface area contributed by atoms with Crippen molar-refractivity contribution in [1.82, 2.24) is 9.78 Å². The van der Waals surface area contributed by atoms with Gasteiger partial charge in [-0.1, -0.05) is 29.8 Å². The highest BCUT2D eigenvalue weighted by Crippen LogP contribution is 2.26. The van der Waals surface area contributed by atoms with E-state index in [0.29, 0.717) is 5.02 Å². The van der Waals surface area contributed by atoms with Crippen LogP contribution in [0.25, 0.3) is 0 Å². The Balaban J connectivity index is 2.43. The second-order valence-electron chi connectivity index (χ2n) is 4.32. The van der Waals surface area contributed by atoms with Crippen LogP contribution in [0.1, 0.15) is 28.4 Å². The lowest BCUT2D eigenvalue weighted by Crippen LogP contribution is -2.16. The molecule has 0 aliphatic carbocycles. The molecule has 90 valence electrons. The molecule has 1 unspecified atom stereocenters. The number of halogens is 1. The van der Waals surface area contributed by atoms with Gasteiger partial charge < -0.3 is 5.73 Å². The van der Waals surface area contributed by atoms with Crippen LogP contribution in [-0.2, 0) is 7.05 Å². The fourth-order valence-corrected chi connectivity index (χ4v) is 2.17. The summed E-state index contributed by atoms with van der Waals surface area (Å²) in [5.41, 5.74) is 10.6. The largest absolute Gasteiger partial charge is 0.319 e. The van der Waals surface area contributed by atoms with Crippen molar-refractivity contribution in [3.8, 4) is 0 Å². The molecule has 2 N–H and O–H groups in total. The Morgan fingerprint density at radius 3 is 2.53 bits per heavy atom. The minimum atomic E-state index is -0.241. The number of hydrogen-bond acceptors (Lipinski definition) is 2. The van der Waals surface area contributed by atoms with E-state index in [9.17, 15) is 0 Å². The molecule has 2 aromatic rings. The van der Waals surface area contributed by atoms with Crippen LogP contribution in [0.2, 0.25) is 5.02 Å². The van der Waals surface area contributed by atoms with Crippen LogP contribution < -0.4 is 5.73 Å². The van der Waals surface area contributed by atoms with Gasteiger partial charge in [-0.2, -0.15) is 5.10 Å². The summed E-state index contributed by atoms with van der Waals surface area (Å²) in [6, 6.07) is 5.98. The van der Waals surface area contributed by atoms with Gasteiger partial charge in [0, 0.05) is 7.05 Å². The van der Waals surface area contributed by atoms with E-state index in [1.807, 2.05) is 13.1 Å². The van der Waals surface area contributed by atoms with Crippen molar-refractivity contribution in [2.45, 2.75) is 19.9 Å². The molecular formula is C13H16ClN3. The molecule has 1 aromatic heterocycles. The van der Waals surface area contributed by atoms with Crippen molar-refractivity contribution < 1.29 is 0 Å². The summed E-state index contributed by atoms with van der Waals surface area (Å²) in [4.78, 5) is 0. The van der Waals surface area contributed by atoms with Crippen LogP contribution in [0.15, 0.2) is 24.4 Å². The van der Waals surface area contributed by atoms with Gasteiger partial charge >= 0.3 is 0 Å². The zero-order chi connectivity index (χ0) is 12.6. The van der Waals surface area contributed by atoms with Crippen molar-refractivity contribution in [1.29, 1.82) is 0 Å². The lowest BCUT2D eigenvalue weighted by molar-refractivity contribution is 0.673. The number of benzene rings is 1. The number of nitrogens with zero attached hydrogens (tertiary/aromatic N) is 2. The summed E-state index contributed by atoms with van der Waals surface area (Å²) >= 11 is 6.10. The van der Waals surface area contributed by atoms with Gasteiger partial charge in [-0.05, 0) is 30.5 Å². The molecule has 2 rings (SSSR count). The molecule has 1 aromatic carbocycles. The normalized spacial score (nSPS) is 12.8. The van der Waals surface area contributed by atoms with Crippen molar-refractivity contribution in [2.24, 2.45) is 12.8 Å². The summed E-state index contributed by atoms with van der Waals surface area (Å²) in [6.45, 7) is 4.16. The molecule has 3 nitrogen and oxygen atoms in total. The molecule has 0 saturated heterocycles. The minimum absolute atomic E-state index is 0.241. The third-order valence-electron chi connectivity index (χ3n) is 3.12. The first-order valence-electron chi connectivity index (χ1n) is 5.51. The SMILES string of the molecule is Cc1ccc(C(N)c2c(Cl)cnn2C)cc1C. The Morgan fingerprint density at radius 2 is 2.00 bits per heavy atom. The zero-order valence-electron chi connectivity index (χ0n) is 10.2. The Morgan fingerprint density at radius 1 is 1.29 bits per heavy atom. The standard InChI is InChI=1S/C13H16ClN3/c1-8-4-5-10(6-9(8)2)12(15)13-11(14)7-16-17(13)3/h4-7,12H,15H2,1-3H3. The van der Waals surface area contributed by atoms with Crippen LogP contribution in [0.4, 0.5) is 0 Å². The van der Waals surface area contributed by atoms with Gasteiger partial charge in [0.15, 0.2) is 0 Å².